The minimum Gasteiger partial charge on any atom is -0.360 e. The first kappa shape index (κ1) is 20.2. The third-order valence-corrected chi connectivity index (χ3v) is 6.63. The predicted molar refractivity (Wildman–Crippen MR) is 126 cm³/mol. The highest BCUT2D eigenvalue weighted by Gasteiger charge is 2.27. The van der Waals surface area contributed by atoms with Crippen molar-refractivity contribution in [3.8, 4) is 0 Å². The number of nitrogens with zero attached hydrogens (tertiary/aromatic N) is 3. The van der Waals surface area contributed by atoms with Gasteiger partial charge in [-0.15, -0.1) is 11.3 Å². The number of benzene rings is 2. The second kappa shape index (κ2) is 8.80. The number of carbonyl (C=O) groups is 2. The van der Waals surface area contributed by atoms with Crippen LogP contribution in [0.5, 0.6) is 0 Å². The van der Waals surface area contributed by atoms with Crippen molar-refractivity contribution in [2.24, 2.45) is 5.16 Å². The molecule has 1 saturated heterocycles. The number of amides is 1. The Morgan fingerprint density at radius 1 is 0.906 bits per heavy atom. The van der Waals surface area contributed by atoms with Crippen LogP contribution in [0.25, 0.3) is 6.08 Å². The van der Waals surface area contributed by atoms with Crippen molar-refractivity contribution < 1.29 is 14.4 Å². The van der Waals surface area contributed by atoms with Crippen molar-refractivity contribution in [1.82, 2.24) is 4.90 Å². The molecule has 0 unspecified atom stereocenters. The number of piperazine rings is 1. The number of thiophene rings is 1. The molecule has 0 radical (unpaired) electrons. The predicted octanol–water partition coefficient (Wildman–Crippen LogP) is 4.06. The standard InChI is InChI=1S/C25H21N3O3S/c29-24(19-9-5-2-6-10-19)28-15-13-27(14-16-28)22-12-11-20(32-22)17-21-23(26-31-25(21)30)18-7-3-1-4-8-18/h1-12,17H,13-16H2. The summed E-state index contributed by atoms with van der Waals surface area (Å²) < 4.78 is 0. The third kappa shape index (κ3) is 4.07. The van der Waals surface area contributed by atoms with Crippen molar-refractivity contribution in [3.63, 3.8) is 0 Å². The fraction of sp³-hybridized carbons (Fsp3) is 0.160. The van der Waals surface area contributed by atoms with E-state index in [1.165, 1.54) is 0 Å². The number of hydrogen-bond acceptors (Lipinski definition) is 6. The number of rotatable bonds is 4. The zero-order valence-electron chi connectivity index (χ0n) is 17.3. The van der Waals surface area contributed by atoms with Crippen LogP contribution < -0.4 is 4.90 Å². The van der Waals surface area contributed by atoms with E-state index in [2.05, 4.69) is 16.1 Å². The van der Waals surface area contributed by atoms with Crippen LogP contribution in [0.1, 0.15) is 20.8 Å². The van der Waals surface area contributed by atoms with E-state index >= 15 is 0 Å². The van der Waals surface area contributed by atoms with E-state index in [1.807, 2.05) is 77.7 Å². The van der Waals surface area contributed by atoms with Gasteiger partial charge in [-0.2, -0.15) is 0 Å². The lowest BCUT2D eigenvalue weighted by molar-refractivity contribution is -0.136. The molecule has 0 N–H and O–H groups in total. The molecule has 5 rings (SSSR count). The molecule has 0 bridgehead atoms. The Morgan fingerprint density at radius 2 is 1.59 bits per heavy atom. The fourth-order valence-corrected chi connectivity index (χ4v) is 4.84. The highest BCUT2D eigenvalue weighted by atomic mass is 32.1. The Bertz CT molecular complexity index is 1190. The summed E-state index contributed by atoms with van der Waals surface area (Å²) >= 11 is 1.61. The Morgan fingerprint density at radius 3 is 2.31 bits per heavy atom. The molecule has 3 aromatic rings. The Labute approximate surface area is 190 Å². The van der Waals surface area contributed by atoms with E-state index in [1.54, 1.807) is 11.3 Å². The number of anilines is 1. The molecule has 160 valence electrons. The molecule has 32 heavy (non-hydrogen) atoms. The second-order valence-corrected chi connectivity index (χ2v) is 8.66. The summed E-state index contributed by atoms with van der Waals surface area (Å²) in [5.74, 6) is -0.360. The first-order chi connectivity index (χ1) is 15.7. The van der Waals surface area contributed by atoms with Crippen molar-refractivity contribution in [1.29, 1.82) is 0 Å². The number of hydrogen-bond donors (Lipinski definition) is 0. The van der Waals surface area contributed by atoms with Crippen LogP contribution in [0.2, 0.25) is 0 Å². The monoisotopic (exact) mass is 443 g/mol. The van der Waals surface area contributed by atoms with E-state index in [4.69, 9.17) is 4.84 Å². The fourth-order valence-electron chi connectivity index (χ4n) is 3.84. The van der Waals surface area contributed by atoms with E-state index in [-0.39, 0.29) is 5.91 Å². The highest BCUT2D eigenvalue weighted by molar-refractivity contribution is 7.17. The lowest BCUT2D eigenvalue weighted by atomic mass is 10.0. The van der Waals surface area contributed by atoms with Gasteiger partial charge in [0.2, 0.25) is 0 Å². The Kier molecular flexibility index (Phi) is 5.56. The van der Waals surface area contributed by atoms with Gasteiger partial charge in [0.15, 0.2) is 0 Å². The smallest absolute Gasteiger partial charge is 0.360 e. The van der Waals surface area contributed by atoms with Gasteiger partial charge in [-0.1, -0.05) is 53.7 Å². The van der Waals surface area contributed by atoms with Crippen LogP contribution >= 0.6 is 11.3 Å². The normalized spacial score (nSPS) is 17.4. The molecule has 0 saturated carbocycles. The van der Waals surface area contributed by atoms with Gasteiger partial charge < -0.3 is 14.6 Å². The molecular formula is C25H21N3O3S. The largest absolute Gasteiger partial charge is 0.368 e. The minimum atomic E-state index is -0.438. The van der Waals surface area contributed by atoms with Crippen LogP contribution in [0.3, 0.4) is 0 Å². The number of carbonyl (C=O) groups excluding carboxylic acids is 2. The van der Waals surface area contributed by atoms with Gasteiger partial charge >= 0.3 is 5.97 Å². The zero-order chi connectivity index (χ0) is 21.9. The average Bonchev–Trinajstić information content (AvgIpc) is 3.47. The summed E-state index contributed by atoms with van der Waals surface area (Å²) in [5.41, 5.74) is 2.59. The van der Waals surface area contributed by atoms with Crippen LogP contribution in [0.15, 0.2) is 83.5 Å². The molecule has 0 aliphatic carbocycles. The first-order valence-corrected chi connectivity index (χ1v) is 11.3. The van der Waals surface area contributed by atoms with E-state index < -0.39 is 5.97 Å². The summed E-state index contributed by atoms with van der Waals surface area (Å²) in [6.07, 6.45) is 1.84. The van der Waals surface area contributed by atoms with Gasteiger partial charge in [-0.25, -0.2) is 4.79 Å². The maximum Gasteiger partial charge on any atom is 0.368 e. The first-order valence-electron chi connectivity index (χ1n) is 10.4. The van der Waals surface area contributed by atoms with Crippen molar-refractivity contribution in [2.75, 3.05) is 31.1 Å². The lowest BCUT2D eigenvalue weighted by Gasteiger charge is -2.35. The molecular weight excluding hydrogens is 422 g/mol. The van der Waals surface area contributed by atoms with Gasteiger partial charge in [0.05, 0.1) is 10.6 Å². The topological polar surface area (TPSA) is 62.2 Å². The zero-order valence-corrected chi connectivity index (χ0v) is 18.1. The Balaban J connectivity index is 1.27. The maximum atomic E-state index is 12.7. The van der Waals surface area contributed by atoms with Gasteiger partial charge in [-0.05, 0) is 30.3 Å². The van der Waals surface area contributed by atoms with E-state index in [0.29, 0.717) is 24.4 Å². The van der Waals surface area contributed by atoms with E-state index in [9.17, 15) is 9.59 Å². The minimum absolute atomic E-state index is 0.0781. The Hall–Kier alpha value is -3.71. The number of oxime groups is 1. The van der Waals surface area contributed by atoms with Crippen LogP contribution in [0, 0.1) is 0 Å². The third-order valence-electron chi connectivity index (χ3n) is 5.54. The summed E-state index contributed by atoms with van der Waals surface area (Å²) in [6.45, 7) is 2.90. The average molecular weight is 444 g/mol. The van der Waals surface area contributed by atoms with Crippen LogP contribution in [0.4, 0.5) is 5.00 Å². The molecule has 1 fully saturated rings. The second-order valence-electron chi connectivity index (χ2n) is 7.56. The SMILES string of the molecule is O=C1ON=C(c2ccccc2)C1=Cc1ccc(N2CCN(C(=O)c3ccccc3)CC2)s1. The van der Waals surface area contributed by atoms with Crippen LogP contribution in [-0.2, 0) is 9.63 Å². The summed E-state index contributed by atoms with van der Waals surface area (Å²) in [6, 6.07) is 23.0. The molecule has 7 heteroatoms. The molecule has 0 atom stereocenters. The van der Waals surface area contributed by atoms with Gasteiger partial charge in [0.1, 0.15) is 5.71 Å². The molecule has 0 spiro atoms. The van der Waals surface area contributed by atoms with E-state index in [0.717, 1.165) is 34.1 Å². The molecule has 6 nitrogen and oxygen atoms in total. The van der Waals surface area contributed by atoms with Gasteiger partial charge in [-0.3, -0.25) is 4.79 Å². The lowest BCUT2D eigenvalue weighted by Crippen LogP contribution is -2.48. The molecule has 1 amide bonds. The summed E-state index contributed by atoms with van der Waals surface area (Å²) in [4.78, 5) is 35.0. The summed E-state index contributed by atoms with van der Waals surface area (Å²) in [7, 11) is 0. The van der Waals surface area contributed by atoms with Crippen LogP contribution in [-0.4, -0.2) is 48.7 Å². The molecule has 3 heterocycles. The molecule has 2 aliphatic rings. The molecule has 2 aromatic carbocycles. The van der Waals surface area contributed by atoms with Crippen molar-refractivity contribution in [3.05, 3.63) is 94.4 Å². The molecule has 2 aliphatic heterocycles. The van der Waals surface area contributed by atoms with Gasteiger partial charge in [0, 0.05) is 42.2 Å². The molecule has 1 aromatic heterocycles. The maximum absolute atomic E-state index is 12.7. The van der Waals surface area contributed by atoms with Crippen molar-refractivity contribution >= 4 is 40.0 Å². The highest BCUT2D eigenvalue weighted by Crippen LogP contribution is 2.30. The summed E-state index contributed by atoms with van der Waals surface area (Å²) in [5, 5.41) is 5.09. The van der Waals surface area contributed by atoms with Gasteiger partial charge in [0.25, 0.3) is 5.91 Å². The van der Waals surface area contributed by atoms with Crippen molar-refractivity contribution in [2.45, 2.75) is 0 Å². The quantitative estimate of drug-likeness (QED) is 0.451.